The van der Waals surface area contributed by atoms with Crippen LogP contribution in [0.4, 0.5) is 5.95 Å². The largest absolute Gasteiger partial charge is 0.341 e. The van der Waals surface area contributed by atoms with Gasteiger partial charge in [0.2, 0.25) is 5.95 Å². The molecule has 0 aliphatic carbocycles. The van der Waals surface area contributed by atoms with Gasteiger partial charge in [0.15, 0.2) is 4.77 Å². The van der Waals surface area contributed by atoms with Crippen LogP contribution >= 0.6 is 12.2 Å². The predicted molar refractivity (Wildman–Crippen MR) is 70.4 cm³/mol. The molecule has 0 saturated heterocycles. The van der Waals surface area contributed by atoms with Crippen LogP contribution in [0.1, 0.15) is 34.1 Å². The standard InChI is InChI=1S/C11H22N4S/c1-6-15-10(12-13-11(15)16)14(5)9(4)7-8(2)3/h8-9H,6-7H2,1-5H3,(H,13,16). The molecule has 0 amide bonds. The van der Waals surface area contributed by atoms with Crippen LogP contribution in [0.15, 0.2) is 0 Å². The van der Waals surface area contributed by atoms with Crippen molar-refractivity contribution in [1.29, 1.82) is 0 Å². The molecule has 1 heterocycles. The summed E-state index contributed by atoms with van der Waals surface area (Å²) < 4.78 is 2.72. The van der Waals surface area contributed by atoms with E-state index in [2.05, 4.69) is 49.8 Å². The number of aromatic amines is 1. The highest BCUT2D eigenvalue weighted by molar-refractivity contribution is 7.71. The molecule has 1 atom stereocenters. The molecule has 0 saturated carbocycles. The van der Waals surface area contributed by atoms with Crippen molar-refractivity contribution in [3.8, 4) is 0 Å². The first-order valence-electron chi connectivity index (χ1n) is 5.85. The van der Waals surface area contributed by atoms with Gasteiger partial charge in [-0.25, -0.2) is 5.10 Å². The van der Waals surface area contributed by atoms with E-state index >= 15 is 0 Å². The van der Waals surface area contributed by atoms with Crippen molar-refractivity contribution in [3.63, 3.8) is 0 Å². The van der Waals surface area contributed by atoms with Gasteiger partial charge in [-0.05, 0) is 38.4 Å². The molecule has 1 aromatic heterocycles. The van der Waals surface area contributed by atoms with Gasteiger partial charge in [-0.3, -0.25) is 4.57 Å². The summed E-state index contributed by atoms with van der Waals surface area (Å²) in [6.45, 7) is 9.62. The van der Waals surface area contributed by atoms with Crippen LogP contribution in [-0.2, 0) is 6.54 Å². The molecule has 0 radical (unpaired) electrons. The Morgan fingerprint density at radius 2 is 2.06 bits per heavy atom. The van der Waals surface area contributed by atoms with E-state index in [1.54, 1.807) is 0 Å². The van der Waals surface area contributed by atoms with Crippen molar-refractivity contribution in [2.75, 3.05) is 11.9 Å². The minimum absolute atomic E-state index is 0.468. The Kier molecular flexibility index (Phi) is 4.53. The van der Waals surface area contributed by atoms with E-state index < -0.39 is 0 Å². The maximum absolute atomic E-state index is 5.18. The van der Waals surface area contributed by atoms with Crippen LogP contribution in [0.5, 0.6) is 0 Å². The van der Waals surface area contributed by atoms with E-state index in [0.29, 0.717) is 16.7 Å². The van der Waals surface area contributed by atoms with Crippen molar-refractivity contribution in [3.05, 3.63) is 4.77 Å². The highest BCUT2D eigenvalue weighted by Crippen LogP contribution is 2.17. The average molecular weight is 242 g/mol. The zero-order valence-corrected chi connectivity index (χ0v) is 11.6. The topological polar surface area (TPSA) is 36.9 Å². The van der Waals surface area contributed by atoms with E-state index in [1.165, 1.54) is 0 Å². The SMILES string of the molecule is CCn1c(N(C)C(C)CC(C)C)n[nH]c1=S. The lowest BCUT2D eigenvalue weighted by atomic mass is 10.0. The van der Waals surface area contributed by atoms with Gasteiger partial charge in [0.05, 0.1) is 0 Å². The molecular weight excluding hydrogens is 220 g/mol. The van der Waals surface area contributed by atoms with E-state index in [-0.39, 0.29) is 0 Å². The van der Waals surface area contributed by atoms with Crippen molar-refractivity contribution >= 4 is 18.2 Å². The molecule has 0 spiro atoms. The first-order valence-corrected chi connectivity index (χ1v) is 6.26. The summed E-state index contributed by atoms with van der Waals surface area (Å²) >= 11 is 5.18. The van der Waals surface area contributed by atoms with Gasteiger partial charge in [-0.2, -0.15) is 0 Å². The number of hydrogen-bond acceptors (Lipinski definition) is 3. The molecule has 4 nitrogen and oxygen atoms in total. The van der Waals surface area contributed by atoms with Gasteiger partial charge >= 0.3 is 0 Å². The van der Waals surface area contributed by atoms with Gasteiger partial charge in [0, 0.05) is 19.6 Å². The molecule has 1 N–H and O–H groups in total. The lowest BCUT2D eigenvalue weighted by molar-refractivity contribution is 0.495. The van der Waals surface area contributed by atoms with Crippen LogP contribution in [0.2, 0.25) is 0 Å². The highest BCUT2D eigenvalue weighted by atomic mass is 32.1. The second-order valence-electron chi connectivity index (χ2n) is 4.66. The van der Waals surface area contributed by atoms with Gasteiger partial charge in [0.25, 0.3) is 0 Å². The van der Waals surface area contributed by atoms with Crippen LogP contribution in [0.3, 0.4) is 0 Å². The predicted octanol–water partition coefficient (Wildman–Crippen LogP) is 2.83. The fraction of sp³-hybridized carbons (Fsp3) is 0.818. The molecular formula is C11H22N4S. The second-order valence-corrected chi connectivity index (χ2v) is 5.05. The molecule has 0 aliphatic heterocycles. The van der Waals surface area contributed by atoms with E-state index in [0.717, 1.165) is 18.9 Å². The summed E-state index contributed by atoms with van der Waals surface area (Å²) in [4.78, 5) is 2.19. The summed E-state index contributed by atoms with van der Waals surface area (Å²) in [5.41, 5.74) is 0. The number of hydrogen-bond donors (Lipinski definition) is 1. The molecule has 0 aromatic carbocycles. The van der Waals surface area contributed by atoms with Crippen LogP contribution in [-0.4, -0.2) is 27.9 Å². The Morgan fingerprint density at radius 3 is 2.56 bits per heavy atom. The van der Waals surface area contributed by atoms with Crippen molar-refractivity contribution in [1.82, 2.24) is 14.8 Å². The molecule has 0 bridgehead atoms. The number of rotatable bonds is 5. The normalized spacial score (nSPS) is 13.1. The Morgan fingerprint density at radius 1 is 1.44 bits per heavy atom. The van der Waals surface area contributed by atoms with E-state index in [1.807, 2.05) is 4.57 Å². The van der Waals surface area contributed by atoms with Gasteiger partial charge < -0.3 is 4.90 Å². The number of anilines is 1. The average Bonchev–Trinajstić information content (AvgIpc) is 2.57. The van der Waals surface area contributed by atoms with Crippen LogP contribution in [0.25, 0.3) is 0 Å². The molecule has 16 heavy (non-hydrogen) atoms. The first kappa shape index (κ1) is 13.2. The summed E-state index contributed by atoms with van der Waals surface area (Å²) in [5, 5.41) is 7.14. The summed E-state index contributed by atoms with van der Waals surface area (Å²) in [7, 11) is 2.07. The third-order valence-corrected chi connectivity index (χ3v) is 3.16. The minimum Gasteiger partial charge on any atom is -0.341 e. The Balaban J connectivity index is 2.87. The Labute approximate surface area is 103 Å². The maximum atomic E-state index is 5.18. The lowest BCUT2D eigenvalue weighted by Gasteiger charge is -2.27. The molecule has 1 aromatic rings. The summed E-state index contributed by atoms with van der Waals surface area (Å²) in [5.74, 6) is 1.62. The van der Waals surface area contributed by atoms with Gasteiger partial charge in [-0.15, -0.1) is 5.10 Å². The molecule has 92 valence electrons. The van der Waals surface area contributed by atoms with Gasteiger partial charge in [-0.1, -0.05) is 13.8 Å². The van der Waals surface area contributed by atoms with Crippen molar-refractivity contribution < 1.29 is 0 Å². The molecule has 1 rings (SSSR count). The smallest absolute Gasteiger partial charge is 0.225 e. The number of aromatic nitrogens is 3. The molecule has 0 fully saturated rings. The minimum atomic E-state index is 0.468. The quantitative estimate of drug-likeness (QED) is 0.807. The number of nitrogens with zero attached hydrogens (tertiary/aromatic N) is 3. The van der Waals surface area contributed by atoms with E-state index in [9.17, 15) is 0 Å². The molecule has 5 heteroatoms. The fourth-order valence-electron chi connectivity index (χ4n) is 1.90. The summed E-state index contributed by atoms with van der Waals surface area (Å²) in [6, 6.07) is 0.468. The van der Waals surface area contributed by atoms with Crippen LogP contribution in [0, 0.1) is 10.7 Å². The lowest BCUT2D eigenvalue weighted by Crippen LogP contribution is -2.32. The molecule has 1 unspecified atom stereocenters. The summed E-state index contributed by atoms with van der Waals surface area (Å²) in [6.07, 6.45) is 1.15. The fourth-order valence-corrected chi connectivity index (χ4v) is 2.16. The van der Waals surface area contributed by atoms with Gasteiger partial charge in [0.1, 0.15) is 0 Å². The number of H-pyrrole nitrogens is 1. The van der Waals surface area contributed by atoms with E-state index in [4.69, 9.17) is 12.2 Å². The zero-order chi connectivity index (χ0) is 12.3. The first-order chi connectivity index (χ1) is 7.47. The number of nitrogens with one attached hydrogen (secondary N) is 1. The Hall–Kier alpha value is -0.840. The van der Waals surface area contributed by atoms with Crippen LogP contribution < -0.4 is 4.90 Å². The maximum Gasteiger partial charge on any atom is 0.225 e. The third kappa shape index (κ3) is 2.84. The van der Waals surface area contributed by atoms with Crippen molar-refractivity contribution in [2.24, 2.45) is 5.92 Å². The highest BCUT2D eigenvalue weighted by Gasteiger charge is 2.16. The second kappa shape index (κ2) is 5.48. The Bertz CT molecular complexity index is 380. The molecule has 0 aliphatic rings. The van der Waals surface area contributed by atoms with Crippen molar-refractivity contribution in [2.45, 2.75) is 46.7 Å². The monoisotopic (exact) mass is 242 g/mol. The zero-order valence-electron chi connectivity index (χ0n) is 10.8. The third-order valence-electron chi connectivity index (χ3n) is 2.84.